The number of fused-ring (bicyclic) bond motifs is 1. The number of hydrogen-bond donors (Lipinski definition) is 2. The Morgan fingerprint density at radius 3 is 2.95 bits per heavy atom. The lowest BCUT2D eigenvalue weighted by atomic mass is 10.2. The largest absolute Gasteiger partial charge is 0.467 e. The van der Waals surface area contributed by atoms with Gasteiger partial charge >= 0.3 is 0 Å². The number of nitrogen functional groups attached to an aromatic ring is 1. The average Bonchev–Trinajstić information content (AvgIpc) is 3.07. The van der Waals surface area contributed by atoms with Gasteiger partial charge in [0.15, 0.2) is 0 Å². The number of nitrogens with one attached hydrogen (secondary N) is 1. The van der Waals surface area contributed by atoms with E-state index in [9.17, 15) is 4.79 Å². The van der Waals surface area contributed by atoms with Gasteiger partial charge in [-0.3, -0.25) is 4.79 Å². The van der Waals surface area contributed by atoms with Gasteiger partial charge in [0.05, 0.1) is 18.0 Å². The van der Waals surface area contributed by atoms with Crippen LogP contribution >= 0.6 is 11.3 Å². The first-order valence-corrected chi connectivity index (χ1v) is 7.38. The minimum atomic E-state index is -0.216. The monoisotopic (exact) mass is 301 g/mol. The molecule has 0 aromatic carbocycles. The Labute approximate surface area is 125 Å². The summed E-state index contributed by atoms with van der Waals surface area (Å²) in [5, 5.41) is 3.71. The fourth-order valence-electron chi connectivity index (χ4n) is 2.13. The van der Waals surface area contributed by atoms with Crippen molar-refractivity contribution in [2.24, 2.45) is 0 Å². The van der Waals surface area contributed by atoms with E-state index in [0.29, 0.717) is 16.3 Å². The second-order valence-corrected chi connectivity index (χ2v) is 5.86. The van der Waals surface area contributed by atoms with Gasteiger partial charge in [-0.05, 0) is 38.1 Å². The molecular formula is C15H15N3O2S. The number of rotatable bonds is 3. The van der Waals surface area contributed by atoms with E-state index in [1.807, 2.05) is 32.0 Å². The fraction of sp³-hybridized carbons (Fsp3) is 0.200. The normalized spacial score (nSPS) is 12.5. The molecule has 21 heavy (non-hydrogen) atoms. The molecule has 3 rings (SSSR count). The number of carbonyl (C=O) groups is 1. The molecule has 1 unspecified atom stereocenters. The number of furan rings is 1. The molecule has 3 aromatic rings. The number of anilines is 1. The zero-order chi connectivity index (χ0) is 15.0. The standard InChI is InChI=1S/C15H15N3O2S/c1-8-5-6-10-12(16)13(21-15(10)17-8)14(19)18-9(2)11-4-3-7-20-11/h3-7,9H,16H2,1-2H3,(H,18,19). The molecule has 0 aliphatic heterocycles. The van der Waals surface area contributed by atoms with Crippen molar-refractivity contribution in [1.29, 1.82) is 0 Å². The first-order valence-electron chi connectivity index (χ1n) is 6.56. The van der Waals surface area contributed by atoms with E-state index in [4.69, 9.17) is 10.2 Å². The van der Waals surface area contributed by atoms with Crippen LogP contribution in [0.15, 0.2) is 34.9 Å². The number of aryl methyl sites for hydroxylation is 1. The molecule has 1 atom stereocenters. The Morgan fingerprint density at radius 2 is 2.24 bits per heavy atom. The number of hydrogen-bond acceptors (Lipinski definition) is 5. The van der Waals surface area contributed by atoms with Crippen molar-refractivity contribution in [3.05, 3.63) is 46.9 Å². The van der Waals surface area contributed by atoms with E-state index in [-0.39, 0.29) is 11.9 Å². The highest BCUT2D eigenvalue weighted by molar-refractivity contribution is 7.21. The Kier molecular flexibility index (Phi) is 3.39. The topological polar surface area (TPSA) is 81.2 Å². The Morgan fingerprint density at radius 1 is 1.43 bits per heavy atom. The molecular weight excluding hydrogens is 286 g/mol. The van der Waals surface area contributed by atoms with Crippen molar-refractivity contribution < 1.29 is 9.21 Å². The summed E-state index contributed by atoms with van der Waals surface area (Å²) in [4.78, 5) is 18.1. The lowest BCUT2D eigenvalue weighted by Gasteiger charge is -2.10. The summed E-state index contributed by atoms with van der Waals surface area (Å²) >= 11 is 1.31. The number of thiophene rings is 1. The molecule has 0 saturated carbocycles. The van der Waals surface area contributed by atoms with E-state index < -0.39 is 0 Å². The average molecular weight is 301 g/mol. The van der Waals surface area contributed by atoms with Gasteiger partial charge in [-0.2, -0.15) is 0 Å². The lowest BCUT2D eigenvalue weighted by Crippen LogP contribution is -2.26. The van der Waals surface area contributed by atoms with Gasteiger partial charge in [0.1, 0.15) is 15.5 Å². The molecule has 0 saturated heterocycles. The molecule has 6 heteroatoms. The third kappa shape index (κ3) is 2.50. The van der Waals surface area contributed by atoms with Gasteiger partial charge in [-0.1, -0.05) is 0 Å². The third-order valence-electron chi connectivity index (χ3n) is 3.26. The summed E-state index contributed by atoms with van der Waals surface area (Å²) in [6, 6.07) is 7.18. The van der Waals surface area contributed by atoms with Gasteiger partial charge in [-0.25, -0.2) is 4.98 Å². The molecule has 0 aliphatic carbocycles. The van der Waals surface area contributed by atoms with Gasteiger partial charge in [-0.15, -0.1) is 11.3 Å². The first kappa shape index (κ1) is 13.6. The summed E-state index contributed by atoms with van der Waals surface area (Å²) < 4.78 is 5.28. The maximum absolute atomic E-state index is 12.4. The zero-order valence-electron chi connectivity index (χ0n) is 11.7. The molecule has 0 spiro atoms. The molecule has 0 radical (unpaired) electrons. The van der Waals surface area contributed by atoms with E-state index in [1.54, 1.807) is 12.3 Å². The van der Waals surface area contributed by atoms with Crippen molar-refractivity contribution in [3.8, 4) is 0 Å². The minimum absolute atomic E-state index is 0.211. The summed E-state index contributed by atoms with van der Waals surface area (Å²) in [6.45, 7) is 3.77. The van der Waals surface area contributed by atoms with Gasteiger partial charge in [0, 0.05) is 11.1 Å². The molecule has 0 bridgehead atoms. The molecule has 0 aliphatic rings. The smallest absolute Gasteiger partial charge is 0.264 e. The number of amides is 1. The number of pyridine rings is 1. The molecule has 3 heterocycles. The molecule has 3 N–H and O–H groups in total. The van der Waals surface area contributed by atoms with Crippen molar-refractivity contribution >= 4 is 33.1 Å². The molecule has 0 fully saturated rings. The maximum atomic E-state index is 12.4. The lowest BCUT2D eigenvalue weighted by molar-refractivity contribution is 0.0940. The van der Waals surface area contributed by atoms with Crippen LogP contribution in [0.2, 0.25) is 0 Å². The number of nitrogens with two attached hydrogens (primary N) is 1. The highest BCUT2D eigenvalue weighted by Gasteiger charge is 2.20. The summed E-state index contributed by atoms with van der Waals surface area (Å²) in [6.07, 6.45) is 1.58. The quantitative estimate of drug-likeness (QED) is 0.778. The highest BCUT2D eigenvalue weighted by atomic mass is 32.1. The zero-order valence-corrected chi connectivity index (χ0v) is 12.5. The van der Waals surface area contributed by atoms with Crippen LogP contribution < -0.4 is 11.1 Å². The van der Waals surface area contributed by atoms with E-state index in [1.165, 1.54) is 11.3 Å². The highest BCUT2D eigenvalue weighted by Crippen LogP contribution is 2.32. The van der Waals surface area contributed by atoms with Crippen LogP contribution in [0, 0.1) is 6.92 Å². The van der Waals surface area contributed by atoms with Gasteiger partial charge < -0.3 is 15.5 Å². The molecule has 3 aromatic heterocycles. The SMILES string of the molecule is Cc1ccc2c(N)c(C(=O)NC(C)c3ccco3)sc2n1. The minimum Gasteiger partial charge on any atom is -0.467 e. The van der Waals surface area contributed by atoms with Crippen LogP contribution in [-0.4, -0.2) is 10.9 Å². The van der Waals surface area contributed by atoms with E-state index >= 15 is 0 Å². The van der Waals surface area contributed by atoms with Crippen molar-refractivity contribution in [2.45, 2.75) is 19.9 Å². The Balaban J connectivity index is 1.89. The summed E-state index contributed by atoms with van der Waals surface area (Å²) in [7, 11) is 0. The van der Waals surface area contributed by atoms with Crippen molar-refractivity contribution in [3.63, 3.8) is 0 Å². The van der Waals surface area contributed by atoms with Crippen molar-refractivity contribution in [1.82, 2.24) is 10.3 Å². The van der Waals surface area contributed by atoms with Crippen LogP contribution in [0.3, 0.4) is 0 Å². The second-order valence-electron chi connectivity index (χ2n) is 4.86. The predicted molar refractivity (Wildman–Crippen MR) is 83.4 cm³/mol. The number of aromatic nitrogens is 1. The Hall–Kier alpha value is -2.34. The molecule has 5 nitrogen and oxygen atoms in total. The van der Waals surface area contributed by atoms with Gasteiger partial charge in [0.2, 0.25) is 0 Å². The van der Waals surface area contributed by atoms with Gasteiger partial charge in [0.25, 0.3) is 5.91 Å². The van der Waals surface area contributed by atoms with E-state index in [2.05, 4.69) is 10.3 Å². The van der Waals surface area contributed by atoms with Crippen LogP contribution in [-0.2, 0) is 0 Å². The van der Waals surface area contributed by atoms with Crippen LogP contribution in [0.4, 0.5) is 5.69 Å². The predicted octanol–water partition coefficient (Wildman–Crippen LogP) is 3.27. The molecule has 108 valence electrons. The first-order chi connectivity index (χ1) is 10.1. The number of carbonyl (C=O) groups excluding carboxylic acids is 1. The van der Waals surface area contributed by atoms with E-state index in [0.717, 1.165) is 15.9 Å². The number of nitrogens with zero attached hydrogens (tertiary/aromatic N) is 1. The van der Waals surface area contributed by atoms with Crippen LogP contribution in [0.25, 0.3) is 10.2 Å². The fourth-order valence-corrected chi connectivity index (χ4v) is 3.17. The van der Waals surface area contributed by atoms with Crippen LogP contribution in [0.5, 0.6) is 0 Å². The summed E-state index contributed by atoms with van der Waals surface area (Å²) in [5.74, 6) is 0.494. The second kappa shape index (κ2) is 5.21. The Bertz CT molecular complexity index is 793. The third-order valence-corrected chi connectivity index (χ3v) is 4.37. The van der Waals surface area contributed by atoms with Crippen LogP contribution in [0.1, 0.15) is 34.1 Å². The summed E-state index contributed by atoms with van der Waals surface area (Å²) in [5.41, 5.74) is 7.45. The molecule has 1 amide bonds. The van der Waals surface area contributed by atoms with Crippen molar-refractivity contribution in [2.75, 3.05) is 5.73 Å². The maximum Gasteiger partial charge on any atom is 0.264 e.